The number of hydrogen-bond acceptors (Lipinski definition) is 4. The van der Waals surface area contributed by atoms with E-state index in [1.165, 1.54) is 51.7 Å². The summed E-state index contributed by atoms with van der Waals surface area (Å²) in [5, 5.41) is 9.59. The lowest BCUT2D eigenvalue weighted by molar-refractivity contribution is -0.199. The molecular weight excluding hydrogens is 268 g/mol. The van der Waals surface area contributed by atoms with Crippen molar-refractivity contribution in [2.45, 2.75) is 76.6 Å². The first-order chi connectivity index (χ1) is 10.2. The molecule has 0 bridgehead atoms. The molecule has 0 amide bonds. The number of rotatable bonds is 11. The average Bonchev–Trinajstić information content (AvgIpc) is 2.51. The molecule has 1 N–H and O–H groups in total. The van der Waals surface area contributed by atoms with Crippen LogP contribution < -0.4 is 0 Å². The van der Waals surface area contributed by atoms with Gasteiger partial charge < -0.3 is 14.6 Å². The number of unbranched alkanes of at least 4 members (excludes halogenated alkanes) is 7. The molecule has 122 valence electrons. The van der Waals surface area contributed by atoms with Crippen LogP contribution in [-0.2, 0) is 14.3 Å². The lowest BCUT2D eigenvalue weighted by atomic mass is 9.90. The molecule has 1 aliphatic rings. The number of aliphatic hydroxyl groups excluding tert-OH is 1. The minimum Gasteiger partial charge on any atom is -0.393 e. The maximum absolute atomic E-state index is 12.0. The van der Waals surface area contributed by atoms with E-state index < -0.39 is 11.9 Å². The van der Waals surface area contributed by atoms with Crippen molar-refractivity contribution in [2.24, 2.45) is 0 Å². The van der Waals surface area contributed by atoms with Gasteiger partial charge in [0.15, 0.2) is 17.7 Å². The molecule has 0 spiro atoms. The van der Waals surface area contributed by atoms with Crippen molar-refractivity contribution in [3.8, 4) is 0 Å². The van der Waals surface area contributed by atoms with Crippen LogP contribution in [0.2, 0.25) is 0 Å². The Balaban J connectivity index is 2.27. The highest BCUT2D eigenvalue weighted by molar-refractivity contribution is 5.97. The topological polar surface area (TPSA) is 55.8 Å². The van der Waals surface area contributed by atoms with E-state index in [1.807, 2.05) is 0 Å². The Morgan fingerprint density at radius 1 is 1.19 bits per heavy atom. The van der Waals surface area contributed by atoms with Crippen molar-refractivity contribution in [2.75, 3.05) is 13.7 Å². The van der Waals surface area contributed by atoms with E-state index in [0.717, 1.165) is 12.8 Å². The van der Waals surface area contributed by atoms with E-state index >= 15 is 0 Å². The fourth-order valence-electron chi connectivity index (χ4n) is 2.69. The third kappa shape index (κ3) is 5.89. The number of carbonyl (C=O) groups excluding carboxylic acids is 1. The summed E-state index contributed by atoms with van der Waals surface area (Å²) < 4.78 is 10.7. The van der Waals surface area contributed by atoms with Crippen LogP contribution in [0.25, 0.3) is 0 Å². The number of hydrogen-bond donors (Lipinski definition) is 1. The average molecular weight is 298 g/mol. The van der Waals surface area contributed by atoms with Gasteiger partial charge in [-0.15, -0.1) is 0 Å². The highest BCUT2D eigenvalue weighted by atomic mass is 16.7. The van der Waals surface area contributed by atoms with Crippen LogP contribution in [0.1, 0.15) is 64.7 Å². The summed E-state index contributed by atoms with van der Waals surface area (Å²) >= 11 is 0. The van der Waals surface area contributed by atoms with Gasteiger partial charge in [-0.3, -0.25) is 4.79 Å². The smallest absolute Gasteiger partial charge is 0.189 e. The van der Waals surface area contributed by atoms with Crippen molar-refractivity contribution in [1.29, 1.82) is 0 Å². The first-order valence-corrected chi connectivity index (χ1v) is 8.22. The van der Waals surface area contributed by atoms with Crippen LogP contribution in [0.5, 0.6) is 0 Å². The maximum atomic E-state index is 12.0. The van der Waals surface area contributed by atoms with Crippen molar-refractivity contribution in [3.63, 3.8) is 0 Å². The van der Waals surface area contributed by atoms with Crippen LogP contribution in [0.3, 0.4) is 0 Å². The molecule has 4 nitrogen and oxygen atoms in total. The molecule has 2 unspecified atom stereocenters. The van der Waals surface area contributed by atoms with Gasteiger partial charge in [-0.2, -0.15) is 0 Å². The minimum absolute atomic E-state index is 0.152. The first-order valence-electron chi connectivity index (χ1n) is 8.22. The van der Waals surface area contributed by atoms with E-state index in [0.29, 0.717) is 6.42 Å². The fourth-order valence-corrected chi connectivity index (χ4v) is 2.69. The monoisotopic (exact) mass is 298 g/mol. The number of methoxy groups -OCH3 is 1. The fraction of sp³-hybridized carbons (Fsp3) is 0.824. The number of ketones is 1. The van der Waals surface area contributed by atoms with Crippen LogP contribution in [0, 0.1) is 0 Å². The summed E-state index contributed by atoms with van der Waals surface area (Å²) in [4.78, 5) is 12.0. The molecule has 0 saturated carbocycles. The predicted octanol–water partition coefficient (Wildman–Crippen LogP) is 3.38. The van der Waals surface area contributed by atoms with Crippen LogP contribution in [0.4, 0.5) is 0 Å². The Morgan fingerprint density at radius 3 is 2.38 bits per heavy atom. The van der Waals surface area contributed by atoms with Crippen LogP contribution in [-0.4, -0.2) is 36.5 Å². The number of carbonyl (C=O) groups is 1. The Hall–Kier alpha value is -0.710. The van der Waals surface area contributed by atoms with Crippen molar-refractivity contribution >= 4 is 5.78 Å². The second-order valence-electron chi connectivity index (χ2n) is 5.82. The summed E-state index contributed by atoms with van der Waals surface area (Å²) in [7, 11) is 1.53. The molecule has 21 heavy (non-hydrogen) atoms. The highest BCUT2D eigenvalue weighted by Gasteiger charge is 2.41. The Bertz CT molecular complexity index is 327. The quantitative estimate of drug-likeness (QED) is 0.594. The Morgan fingerprint density at radius 2 is 1.81 bits per heavy atom. The van der Waals surface area contributed by atoms with Crippen molar-refractivity contribution in [1.82, 2.24) is 0 Å². The largest absolute Gasteiger partial charge is 0.393 e. The zero-order valence-corrected chi connectivity index (χ0v) is 13.5. The normalized spacial score (nSPS) is 25.5. The van der Waals surface area contributed by atoms with Gasteiger partial charge in [0.25, 0.3) is 0 Å². The molecule has 1 aliphatic heterocycles. The van der Waals surface area contributed by atoms with Gasteiger partial charge in [0.1, 0.15) is 0 Å². The van der Waals surface area contributed by atoms with Gasteiger partial charge in [-0.25, -0.2) is 0 Å². The second-order valence-corrected chi connectivity index (χ2v) is 5.82. The van der Waals surface area contributed by atoms with Crippen LogP contribution >= 0.6 is 0 Å². The van der Waals surface area contributed by atoms with E-state index in [1.54, 1.807) is 6.08 Å². The van der Waals surface area contributed by atoms with E-state index in [-0.39, 0.29) is 12.4 Å². The molecule has 0 radical (unpaired) electrons. The highest BCUT2D eigenvalue weighted by Crippen LogP contribution is 2.27. The lowest BCUT2D eigenvalue weighted by Gasteiger charge is -2.35. The minimum atomic E-state index is -1.10. The number of ether oxygens (including phenoxy) is 2. The number of aliphatic hydroxyl groups is 1. The summed E-state index contributed by atoms with van der Waals surface area (Å²) in [5.41, 5.74) is -1.10. The van der Waals surface area contributed by atoms with Gasteiger partial charge in [-0.1, -0.05) is 58.3 Å². The molecule has 4 heteroatoms. The van der Waals surface area contributed by atoms with Crippen molar-refractivity contribution < 1.29 is 19.4 Å². The zero-order valence-electron chi connectivity index (χ0n) is 13.5. The zero-order chi connectivity index (χ0) is 15.6. The van der Waals surface area contributed by atoms with E-state index in [9.17, 15) is 9.90 Å². The molecule has 1 rings (SSSR count). The molecular formula is C17H30O4. The maximum Gasteiger partial charge on any atom is 0.189 e. The standard InChI is InChI=1S/C17H30O4/c1-3-4-5-6-7-8-9-10-13-17(14-18)15(19)11-12-16(20-2)21-17/h11-12,16,18H,3-10,13-14H2,1-2H3. The van der Waals surface area contributed by atoms with Gasteiger partial charge in [-0.05, 0) is 18.6 Å². The van der Waals surface area contributed by atoms with Gasteiger partial charge in [0.05, 0.1) is 6.61 Å². The third-order valence-corrected chi connectivity index (χ3v) is 4.12. The van der Waals surface area contributed by atoms with E-state index in [2.05, 4.69) is 6.92 Å². The predicted molar refractivity (Wildman–Crippen MR) is 83.1 cm³/mol. The Kier molecular flexibility index (Phi) is 8.81. The molecule has 0 aromatic heterocycles. The van der Waals surface area contributed by atoms with Gasteiger partial charge in [0.2, 0.25) is 0 Å². The molecule has 2 atom stereocenters. The summed E-state index contributed by atoms with van der Waals surface area (Å²) in [5.74, 6) is -0.152. The third-order valence-electron chi connectivity index (χ3n) is 4.12. The molecule has 0 saturated heterocycles. The van der Waals surface area contributed by atoms with Crippen molar-refractivity contribution in [3.05, 3.63) is 12.2 Å². The van der Waals surface area contributed by atoms with Crippen LogP contribution in [0.15, 0.2) is 12.2 Å². The molecule has 0 aromatic carbocycles. The molecule has 0 aromatic rings. The van der Waals surface area contributed by atoms with Gasteiger partial charge in [0, 0.05) is 7.11 Å². The summed E-state index contributed by atoms with van der Waals surface area (Å²) in [6.45, 7) is 1.93. The molecule has 0 aliphatic carbocycles. The lowest BCUT2D eigenvalue weighted by Crippen LogP contribution is -2.49. The second kappa shape index (κ2) is 10.1. The molecule has 0 fully saturated rings. The SMILES string of the molecule is CCCCCCCCCCC1(CO)OC(OC)C=CC1=O. The molecule has 1 heterocycles. The first kappa shape index (κ1) is 18.3. The summed E-state index contributed by atoms with van der Waals surface area (Å²) in [6.07, 6.45) is 12.7. The summed E-state index contributed by atoms with van der Waals surface area (Å²) in [6, 6.07) is 0. The van der Waals surface area contributed by atoms with Gasteiger partial charge >= 0.3 is 0 Å². The Labute approximate surface area is 128 Å². The van der Waals surface area contributed by atoms with E-state index in [4.69, 9.17) is 9.47 Å².